The van der Waals surface area contributed by atoms with Crippen molar-refractivity contribution in [3.05, 3.63) is 29.8 Å². The fourth-order valence-corrected chi connectivity index (χ4v) is 4.11. The van der Waals surface area contributed by atoms with Gasteiger partial charge < -0.3 is 0 Å². The number of hydrogen-bond donors (Lipinski definition) is 1. The summed E-state index contributed by atoms with van der Waals surface area (Å²) in [6.45, 7) is 5.93. The highest BCUT2D eigenvalue weighted by Crippen LogP contribution is 2.30. The average molecular weight is 329 g/mol. The first-order valence-corrected chi connectivity index (χ1v) is 9.67. The van der Waals surface area contributed by atoms with Crippen LogP contribution in [-0.4, -0.2) is 31.7 Å². The Balaban J connectivity index is 2.97. The zero-order valence-electron chi connectivity index (χ0n) is 13.0. The molecule has 0 radical (unpaired) electrons. The molecule has 1 aromatic carbocycles. The molecule has 1 N–H and O–H groups in total. The molecular weight excluding hydrogens is 306 g/mol. The van der Waals surface area contributed by atoms with Crippen LogP contribution in [0, 0.1) is 0 Å². The monoisotopic (exact) mass is 329 g/mol. The number of ketones is 1. The number of carbonyl (C=O) groups excluding carboxylic acids is 1. The lowest BCUT2D eigenvalue weighted by Gasteiger charge is -2.29. The first kappa shape index (κ1) is 18.2. The van der Waals surface area contributed by atoms with Crippen LogP contribution in [0.1, 0.15) is 44.0 Å². The lowest BCUT2D eigenvalue weighted by molar-refractivity contribution is 0.101. The summed E-state index contributed by atoms with van der Waals surface area (Å²) >= 11 is 1.68. The van der Waals surface area contributed by atoms with Crippen LogP contribution in [0.4, 0.5) is 0 Å². The first-order valence-electron chi connectivity index (χ1n) is 6.96. The third-order valence-electron chi connectivity index (χ3n) is 3.86. The van der Waals surface area contributed by atoms with Gasteiger partial charge in [-0.15, -0.1) is 0 Å². The van der Waals surface area contributed by atoms with Gasteiger partial charge >= 0.3 is 0 Å². The molecule has 0 aliphatic carbocycles. The van der Waals surface area contributed by atoms with Crippen molar-refractivity contribution in [3.63, 3.8) is 0 Å². The lowest BCUT2D eigenvalue weighted by Crippen LogP contribution is -2.39. The minimum absolute atomic E-state index is 0.0920. The molecule has 0 fully saturated rings. The average Bonchev–Trinajstić information content (AvgIpc) is 2.49. The number of benzene rings is 1. The topological polar surface area (TPSA) is 63.2 Å². The van der Waals surface area contributed by atoms with Crippen molar-refractivity contribution in [3.8, 4) is 0 Å². The Morgan fingerprint density at radius 3 is 2.38 bits per heavy atom. The number of nitrogens with one attached hydrogen (secondary N) is 1. The molecule has 0 spiro atoms. The highest BCUT2D eigenvalue weighted by atomic mass is 32.2. The van der Waals surface area contributed by atoms with Gasteiger partial charge in [0.2, 0.25) is 10.0 Å². The smallest absolute Gasteiger partial charge is 0.240 e. The summed E-state index contributed by atoms with van der Waals surface area (Å²) in [5.41, 5.74) is 0.403. The number of carbonyl (C=O) groups is 1. The number of sulfonamides is 1. The van der Waals surface area contributed by atoms with E-state index in [9.17, 15) is 13.2 Å². The molecule has 0 aliphatic rings. The SMILES string of the molecule is CCC(CC)(CNS(=O)(=O)c1cccc(C(C)=O)c1)SC. The minimum Gasteiger partial charge on any atom is -0.295 e. The van der Waals surface area contributed by atoms with E-state index in [-0.39, 0.29) is 15.4 Å². The standard InChI is InChI=1S/C15H23NO3S2/c1-5-15(6-2,20-4)11-16-21(18,19)14-9-7-8-13(10-14)12(3)17/h7-10,16H,5-6,11H2,1-4H3. The second kappa shape index (κ2) is 7.42. The van der Waals surface area contributed by atoms with E-state index >= 15 is 0 Å². The van der Waals surface area contributed by atoms with E-state index < -0.39 is 10.0 Å². The summed E-state index contributed by atoms with van der Waals surface area (Å²) in [7, 11) is -3.60. The Kier molecular flexibility index (Phi) is 6.43. The Morgan fingerprint density at radius 2 is 1.90 bits per heavy atom. The third kappa shape index (κ3) is 4.56. The van der Waals surface area contributed by atoms with Crippen molar-refractivity contribution in [1.82, 2.24) is 4.72 Å². The molecule has 0 heterocycles. The van der Waals surface area contributed by atoms with E-state index in [1.807, 2.05) is 6.26 Å². The van der Waals surface area contributed by atoms with Crippen LogP contribution in [0.3, 0.4) is 0 Å². The maximum Gasteiger partial charge on any atom is 0.240 e. The largest absolute Gasteiger partial charge is 0.295 e. The van der Waals surface area contributed by atoms with E-state index in [0.29, 0.717) is 12.1 Å². The summed E-state index contributed by atoms with van der Waals surface area (Å²) in [6.07, 6.45) is 3.78. The van der Waals surface area contributed by atoms with E-state index in [1.54, 1.807) is 23.9 Å². The fourth-order valence-electron chi connectivity index (χ4n) is 2.05. The molecule has 6 heteroatoms. The lowest BCUT2D eigenvalue weighted by atomic mass is 10.0. The summed E-state index contributed by atoms with van der Waals surface area (Å²) in [4.78, 5) is 11.5. The maximum atomic E-state index is 12.4. The zero-order valence-corrected chi connectivity index (χ0v) is 14.6. The van der Waals surface area contributed by atoms with Crippen molar-refractivity contribution < 1.29 is 13.2 Å². The number of Topliss-reactive ketones (excluding diaryl/α,β-unsaturated/α-hetero) is 1. The Morgan fingerprint density at radius 1 is 1.29 bits per heavy atom. The van der Waals surface area contributed by atoms with Crippen molar-refractivity contribution in [1.29, 1.82) is 0 Å². The van der Waals surface area contributed by atoms with Crippen LogP contribution < -0.4 is 4.72 Å². The summed E-state index contributed by atoms with van der Waals surface area (Å²) < 4.78 is 27.3. The van der Waals surface area contributed by atoms with Crippen LogP contribution in [0.15, 0.2) is 29.2 Å². The molecule has 0 atom stereocenters. The number of rotatable bonds is 8. The second-order valence-electron chi connectivity index (χ2n) is 5.00. The molecule has 4 nitrogen and oxygen atoms in total. The number of hydrogen-bond acceptors (Lipinski definition) is 4. The molecule has 0 aromatic heterocycles. The van der Waals surface area contributed by atoms with Gasteiger partial charge in [-0.1, -0.05) is 26.0 Å². The van der Waals surface area contributed by atoms with Gasteiger partial charge in [0.05, 0.1) is 4.90 Å². The predicted molar refractivity (Wildman–Crippen MR) is 88.5 cm³/mol. The molecule has 0 aliphatic heterocycles. The van der Waals surface area contributed by atoms with E-state index in [1.165, 1.54) is 19.1 Å². The molecule has 1 rings (SSSR count). The Labute approximate surface area is 131 Å². The third-order valence-corrected chi connectivity index (χ3v) is 6.84. The molecule has 0 unspecified atom stereocenters. The molecule has 21 heavy (non-hydrogen) atoms. The van der Waals surface area contributed by atoms with Crippen LogP contribution in [0.5, 0.6) is 0 Å². The van der Waals surface area contributed by atoms with E-state index in [4.69, 9.17) is 0 Å². The summed E-state index contributed by atoms with van der Waals surface area (Å²) in [5.74, 6) is -0.146. The molecule has 0 saturated carbocycles. The van der Waals surface area contributed by atoms with Gasteiger partial charge in [0.15, 0.2) is 5.78 Å². The molecule has 1 aromatic rings. The Bertz CT molecular complexity index is 584. The molecule has 118 valence electrons. The van der Waals surface area contributed by atoms with Crippen molar-refractivity contribution in [2.75, 3.05) is 12.8 Å². The first-order chi connectivity index (χ1) is 9.80. The van der Waals surface area contributed by atoms with Crippen LogP contribution in [0.2, 0.25) is 0 Å². The van der Waals surface area contributed by atoms with Crippen molar-refractivity contribution in [2.45, 2.75) is 43.3 Å². The molecule has 0 bridgehead atoms. The molecule has 0 amide bonds. The van der Waals surface area contributed by atoms with E-state index in [0.717, 1.165) is 12.8 Å². The normalized spacial score (nSPS) is 12.4. The van der Waals surface area contributed by atoms with Gasteiger partial charge in [0.1, 0.15) is 0 Å². The predicted octanol–water partition coefficient (Wildman–Crippen LogP) is 3.09. The zero-order chi connectivity index (χ0) is 16.1. The van der Waals surface area contributed by atoms with Crippen LogP contribution in [-0.2, 0) is 10.0 Å². The maximum absolute atomic E-state index is 12.4. The van der Waals surface area contributed by atoms with Gasteiger partial charge in [-0.25, -0.2) is 13.1 Å². The van der Waals surface area contributed by atoms with Crippen LogP contribution in [0.25, 0.3) is 0 Å². The highest BCUT2D eigenvalue weighted by molar-refractivity contribution is 8.00. The van der Waals surface area contributed by atoms with Crippen molar-refractivity contribution >= 4 is 27.6 Å². The van der Waals surface area contributed by atoms with Gasteiger partial charge in [0.25, 0.3) is 0 Å². The molecule has 0 saturated heterocycles. The van der Waals surface area contributed by atoms with Gasteiger partial charge in [-0.05, 0) is 38.2 Å². The van der Waals surface area contributed by atoms with Gasteiger partial charge in [-0.3, -0.25) is 4.79 Å². The second-order valence-corrected chi connectivity index (χ2v) is 8.04. The Hall–Kier alpha value is -0.850. The van der Waals surface area contributed by atoms with Crippen LogP contribution >= 0.6 is 11.8 Å². The minimum atomic E-state index is -3.60. The quantitative estimate of drug-likeness (QED) is 0.745. The van der Waals surface area contributed by atoms with Crippen molar-refractivity contribution in [2.24, 2.45) is 0 Å². The summed E-state index contributed by atoms with van der Waals surface area (Å²) in [5, 5.41) is 0. The summed E-state index contributed by atoms with van der Waals surface area (Å²) in [6, 6.07) is 6.13. The molecular formula is C15H23NO3S2. The van der Waals surface area contributed by atoms with E-state index in [2.05, 4.69) is 18.6 Å². The highest BCUT2D eigenvalue weighted by Gasteiger charge is 2.27. The fraction of sp³-hybridized carbons (Fsp3) is 0.533. The van der Waals surface area contributed by atoms with Gasteiger partial charge in [-0.2, -0.15) is 11.8 Å². The number of thioether (sulfide) groups is 1. The van der Waals surface area contributed by atoms with Gasteiger partial charge in [0, 0.05) is 16.9 Å².